The third-order valence-corrected chi connectivity index (χ3v) is 4.49. The smallest absolute Gasteiger partial charge is 0.241 e. The van der Waals surface area contributed by atoms with E-state index in [2.05, 4.69) is 10.1 Å². The van der Waals surface area contributed by atoms with Gasteiger partial charge < -0.3 is 23.8 Å². The van der Waals surface area contributed by atoms with E-state index in [0.29, 0.717) is 47.6 Å². The van der Waals surface area contributed by atoms with Crippen LogP contribution in [0, 0.1) is 0 Å². The van der Waals surface area contributed by atoms with Crippen LogP contribution in [0.3, 0.4) is 0 Å². The van der Waals surface area contributed by atoms with Gasteiger partial charge in [0.15, 0.2) is 11.5 Å². The van der Waals surface area contributed by atoms with Crippen LogP contribution in [0.1, 0.15) is 17.6 Å². The van der Waals surface area contributed by atoms with Crippen molar-refractivity contribution in [3.05, 3.63) is 53.9 Å². The normalized spacial score (nSPS) is 12.1. The molecule has 154 valence electrons. The fourth-order valence-electron chi connectivity index (χ4n) is 3.08. The summed E-state index contributed by atoms with van der Waals surface area (Å²) in [6, 6.07) is 13.1. The van der Waals surface area contributed by atoms with Crippen LogP contribution in [0.4, 0.5) is 0 Å². The number of likely N-dealkylation sites (N-methyl/N-ethyl adjacent to an activating group) is 1. The van der Waals surface area contributed by atoms with Gasteiger partial charge in [0.2, 0.25) is 17.5 Å². The van der Waals surface area contributed by atoms with E-state index in [-0.39, 0.29) is 0 Å². The highest BCUT2D eigenvalue weighted by Gasteiger charge is 2.21. The van der Waals surface area contributed by atoms with Crippen LogP contribution in [-0.2, 0) is 6.54 Å². The molecule has 3 rings (SSSR count). The maximum Gasteiger partial charge on any atom is 0.241 e. The van der Waals surface area contributed by atoms with Crippen LogP contribution < -0.4 is 14.2 Å². The van der Waals surface area contributed by atoms with Crippen LogP contribution in [0.2, 0.25) is 0 Å². The monoisotopic (exact) mass is 399 g/mol. The molecule has 2 aromatic carbocycles. The maximum absolute atomic E-state index is 10.4. The van der Waals surface area contributed by atoms with Gasteiger partial charge in [-0.15, -0.1) is 0 Å². The highest BCUT2D eigenvalue weighted by molar-refractivity contribution is 5.71. The molecule has 0 fully saturated rings. The minimum Gasteiger partial charge on any atom is -0.493 e. The summed E-state index contributed by atoms with van der Waals surface area (Å²) in [6.45, 7) is 0.827. The maximum atomic E-state index is 10.4. The van der Waals surface area contributed by atoms with Crippen molar-refractivity contribution in [3.8, 4) is 28.6 Å². The fraction of sp³-hybridized carbons (Fsp3) is 0.333. The van der Waals surface area contributed by atoms with Gasteiger partial charge in [-0.3, -0.25) is 4.90 Å². The lowest BCUT2D eigenvalue weighted by Gasteiger charge is -2.19. The molecule has 29 heavy (non-hydrogen) atoms. The SMILES string of the molecule is COc1ccc(-c2noc(CN(C)CC(O)c3ccccc3)n2)c(OC)c1OC. The summed E-state index contributed by atoms with van der Waals surface area (Å²) in [5, 5.41) is 14.4. The van der Waals surface area contributed by atoms with Gasteiger partial charge in [0.05, 0.1) is 39.5 Å². The Labute approximate surface area is 169 Å². The lowest BCUT2D eigenvalue weighted by molar-refractivity contribution is 0.118. The van der Waals surface area contributed by atoms with E-state index in [9.17, 15) is 5.11 Å². The van der Waals surface area contributed by atoms with E-state index < -0.39 is 6.10 Å². The number of aliphatic hydroxyl groups is 1. The predicted octanol–water partition coefficient (Wildman–Crippen LogP) is 2.93. The van der Waals surface area contributed by atoms with Gasteiger partial charge in [-0.25, -0.2) is 0 Å². The average molecular weight is 399 g/mol. The number of aromatic nitrogens is 2. The Kier molecular flexibility index (Phi) is 6.69. The van der Waals surface area contributed by atoms with Crippen LogP contribution in [-0.4, -0.2) is 55.1 Å². The van der Waals surface area contributed by atoms with Crippen molar-refractivity contribution in [2.24, 2.45) is 0 Å². The van der Waals surface area contributed by atoms with E-state index in [1.165, 1.54) is 0 Å². The zero-order valence-corrected chi connectivity index (χ0v) is 17.0. The first-order chi connectivity index (χ1) is 14.1. The molecule has 1 atom stereocenters. The average Bonchev–Trinajstić information content (AvgIpc) is 3.20. The van der Waals surface area contributed by atoms with Crippen molar-refractivity contribution in [3.63, 3.8) is 0 Å². The number of hydrogen-bond acceptors (Lipinski definition) is 8. The van der Waals surface area contributed by atoms with Gasteiger partial charge in [0, 0.05) is 6.54 Å². The number of aliphatic hydroxyl groups excluding tert-OH is 1. The number of ether oxygens (including phenoxy) is 3. The molecule has 0 saturated carbocycles. The third-order valence-electron chi connectivity index (χ3n) is 4.49. The first-order valence-electron chi connectivity index (χ1n) is 9.10. The van der Waals surface area contributed by atoms with Crippen LogP contribution >= 0.6 is 0 Å². The largest absolute Gasteiger partial charge is 0.493 e. The van der Waals surface area contributed by atoms with E-state index in [1.54, 1.807) is 33.5 Å². The molecule has 0 bridgehead atoms. The molecule has 1 N–H and O–H groups in total. The molecule has 1 unspecified atom stereocenters. The van der Waals surface area contributed by atoms with E-state index in [1.807, 2.05) is 42.3 Å². The third kappa shape index (κ3) is 4.67. The van der Waals surface area contributed by atoms with E-state index in [0.717, 1.165) is 5.56 Å². The molecule has 0 aliphatic carbocycles. The van der Waals surface area contributed by atoms with Gasteiger partial charge in [-0.05, 0) is 24.7 Å². The molecule has 0 aliphatic heterocycles. The summed E-state index contributed by atoms with van der Waals surface area (Å²) >= 11 is 0. The Morgan fingerprint density at radius 1 is 1.00 bits per heavy atom. The summed E-state index contributed by atoms with van der Waals surface area (Å²) in [6.07, 6.45) is -0.602. The number of methoxy groups -OCH3 is 3. The van der Waals surface area contributed by atoms with Crippen LogP contribution in [0.25, 0.3) is 11.4 Å². The summed E-state index contributed by atoms with van der Waals surface area (Å²) < 4.78 is 21.6. The number of hydrogen-bond donors (Lipinski definition) is 1. The molecule has 8 nitrogen and oxygen atoms in total. The molecular weight excluding hydrogens is 374 g/mol. The van der Waals surface area contributed by atoms with Crippen molar-refractivity contribution in [2.75, 3.05) is 34.9 Å². The predicted molar refractivity (Wildman–Crippen MR) is 107 cm³/mol. The first-order valence-corrected chi connectivity index (χ1v) is 9.10. The lowest BCUT2D eigenvalue weighted by Crippen LogP contribution is -2.24. The first kappa shape index (κ1) is 20.6. The standard InChI is InChI=1S/C21H25N3O5/c1-24(12-16(25)14-8-6-5-7-9-14)13-18-22-21(23-29-18)15-10-11-17(26-2)20(28-4)19(15)27-3/h5-11,16,25H,12-13H2,1-4H3. The van der Waals surface area contributed by atoms with Crippen molar-refractivity contribution in [1.29, 1.82) is 0 Å². The van der Waals surface area contributed by atoms with Crippen molar-refractivity contribution in [1.82, 2.24) is 15.0 Å². The second-order valence-electron chi connectivity index (χ2n) is 6.52. The quantitative estimate of drug-likeness (QED) is 0.587. The van der Waals surface area contributed by atoms with Crippen molar-refractivity contribution >= 4 is 0 Å². The molecular formula is C21H25N3O5. The molecule has 0 spiro atoms. The highest BCUT2D eigenvalue weighted by atomic mass is 16.5. The molecule has 0 saturated heterocycles. The molecule has 0 aliphatic rings. The van der Waals surface area contributed by atoms with Crippen molar-refractivity contribution in [2.45, 2.75) is 12.6 Å². The van der Waals surface area contributed by atoms with Crippen molar-refractivity contribution < 1.29 is 23.8 Å². The molecule has 1 aromatic heterocycles. The number of nitrogens with zero attached hydrogens (tertiary/aromatic N) is 3. The Morgan fingerprint density at radius 3 is 2.38 bits per heavy atom. The summed E-state index contributed by atoms with van der Waals surface area (Å²) in [5.41, 5.74) is 1.49. The van der Waals surface area contributed by atoms with Crippen LogP contribution in [0.15, 0.2) is 47.0 Å². The zero-order valence-electron chi connectivity index (χ0n) is 17.0. The second kappa shape index (κ2) is 9.40. The number of rotatable bonds is 9. The topological polar surface area (TPSA) is 90.1 Å². The Hall–Kier alpha value is -3.10. The van der Waals surface area contributed by atoms with E-state index >= 15 is 0 Å². The molecule has 0 radical (unpaired) electrons. The van der Waals surface area contributed by atoms with Gasteiger partial charge in [-0.1, -0.05) is 35.5 Å². The van der Waals surface area contributed by atoms with Gasteiger partial charge in [0.25, 0.3) is 0 Å². The molecule has 8 heteroatoms. The fourth-order valence-corrected chi connectivity index (χ4v) is 3.08. The van der Waals surface area contributed by atoms with Gasteiger partial charge >= 0.3 is 0 Å². The van der Waals surface area contributed by atoms with Gasteiger partial charge in [0.1, 0.15) is 0 Å². The number of benzene rings is 2. The molecule has 0 amide bonds. The Morgan fingerprint density at radius 2 is 1.72 bits per heavy atom. The Balaban J connectivity index is 1.74. The summed E-state index contributed by atoms with van der Waals surface area (Å²) in [5.74, 6) is 2.29. The summed E-state index contributed by atoms with van der Waals surface area (Å²) in [7, 11) is 6.52. The zero-order chi connectivity index (χ0) is 20.8. The highest BCUT2D eigenvalue weighted by Crippen LogP contribution is 2.43. The molecule has 3 aromatic rings. The summed E-state index contributed by atoms with van der Waals surface area (Å²) in [4.78, 5) is 6.38. The minimum atomic E-state index is -0.602. The van der Waals surface area contributed by atoms with Crippen LogP contribution in [0.5, 0.6) is 17.2 Å². The lowest BCUT2D eigenvalue weighted by atomic mass is 10.1. The minimum absolute atomic E-state index is 0.384. The van der Waals surface area contributed by atoms with E-state index in [4.69, 9.17) is 18.7 Å². The Bertz CT molecular complexity index is 929. The molecule has 1 heterocycles. The second-order valence-corrected chi connectivity index (χ2v) is 6.52. The van der Waals surface area contributed by atoms with Gasteiger partial charge in [-0.2, -0.15) is 4.98 Å².